The molecule has 0 saturated carbocycles. The van der Waals surface area contributed by atoms with E-state index in [0.717, 1.165) is 11.3 Å². The first kappa shape index (κ1) is 15.0. The number of ketones is 1. The van der Waals surface area contributed by atoms with Crippen LogP contribution >= 0.6 is 0 Å². The summed E-state index contributed by atoms with van der Waals surface area (Å²) in [5.41, 5.74) is 2.34. The van der Waals surface area contributed by atoms with Gasteiger partial charge in [-0.25, -0.2) is 4.68 Å². The summed E-state index contributed by atoms with van der Waals surface area (Å²) in [5.74, 6) is -0.149. The number of carbonyl (C=O) groups excluding carboxylic acids is 1. The summed E-state index contributed by atoms with van der Waals surface area (Å²) < 4.78 is 3.27. The Morgan fingerprint density at radius 3 is 2.13 bits per heavy atom. The Bertz CT molecular complexity index is 890. The number of carbonyl (C=O) groups is 1. The van der Waals surface area contributed by atoms with Crippen LogP contribution in [0.1, 0.15) is 21.6 Å². The summed E-state index contributed by atoms with van der Waals surface area (Å²) in [6, 6.07) is 18.8. The molecular weight excluding hydrogens is 288 g/mol. The van der Waals surface area contributed by atoms with Crippen molar-refractivity contribution in [2.45, 2.75) is 13.3 Å². The molecule has 0 radical (unpaired) electrons. The van der Waals surface area contributed by atoms with Crippen molar-refractivity contribution in [3.8, 4) is 5.69 Å². The molecule has 0 aliphatic carbocycles. The molecule has 3 rings (SSSR count). The molecule has 116 valence electrons. The maximum atomic E-state index is 12.8. The standard InChI is InChI=1S/C19H18N2O2/c1-14-18(17(22)13-15-9-5-3-6-10-15)19(23)21(20(14)2)16-11-7-4-8-12-16/h3-12H,13H2,1-2H3. The van der Waals surface area contributed by atoms with Crippen LogP contribution in [0.2, 0.25) is 0 Å². The van der Waals surface area contributed by atoms with E-state index < -0.39 is 0 Å². The Kier molecular flexibility index (Phi) is 3.98. The molecule has 1 heterocycles. The molecule has 4 nitrogen and oxygen atoms in total. The SMILES string of the molecule is Cc1c(C(=O)Cc2ccccc2)c(=O)n(-c2ccccc2)n1C. The van der Waals surface area contributed by atoms with Crippen LogP contribution < -0.4 is 5.56 Å². The van der Waals surface area contributed by atoms with Crippen LogP contribution in [0.3, 0.4) is 0 Å². The highest BCUT2D eigenvalue weighted by molar-refractivity contribution is 5.98. The molecule has 0 fully saturated rings. The quantitative estimate of drug-likeness (QED) is 0.696. The number of nitrogens with zero attached hydrogens (tertiary/aromatic N) is 2. The number of Topliss-reactive ketones (excluding diaryl/α,β-unsaturated/α-hetero) is 1. The minimum Gasteiger partial charge on any atom is -0.294 e. The van der Waals surface area contributed by atoms with Crippen molar-refractivity contribution in [1.29, 1.82) is 0 Å². The van der Waals surface area contributed by atoms with E-state index >= 15 is 0 Å². The summed E-state index contributed by atoms with van der Waals surface area (Å²) in [5, 5.41) is 0. The number of hydrogen-bond donors (Lipinski definition) is 0. The summed E-state index contributed by atoms with van der Waals surface area (Å²) in [6.07, 6.45) is 0.232. The average molecular weight is 306 g/mol. The summed E-state index contributed by atoms with van der Waals surface area (Å²) in [7, 11) is 1.79. The Morgan fingerprint density at radius 1 is 0.957 bits per heavy atom. The molecule has 0 unspecified atom stereocenters. The molecule has 23 heavy (non-hydrogen) atoms. The Hall–Kier alpha value is -2.88. The third-order valence-corrected chi connectivity index (χ3v) is 4.04. The molecule has 0 atom stereocenters. The van der Waals surface area contributed by atoms with Crippen LogP contribution in [-0.2, 0) is 13.5 Å². The molecule has 2 aromatic carbocycles. The minimum absolute atomic E-state index is 0.149. The lowest BCUT2D eigenvalue weighted by atomic mass is 10.0. The van der Waals surface area contributed by atoms with Gasteiger partial charge in [0.15, 0.2) is 5.78 Å². The van der Waals surface area contributed by atoms with Crippen LogP contribution in [0.5, 0.6) is 0 Å². The highest BCUT2D eigenvalue weighted by atomic mass is 16.2. The molecule has 0 bridgehead atoms. The zero-order valence-electron chi connectivity index (χ0n) is 13.2. The van der Waals surface area contributed by atoms with E-state index in [1.807, 2.05) is 60.7 Å². The first-order valence-electron chi connectivity index (χ1n) is 7.50. The number of para-hydroxylation sites is 1. The lowest BCUT2D eigenvalue weighted by Crippen LogP contribution is -2.23. The summed E-state index contributed by atoms with van der Waals surface area (Å²) in [6.45, 7) is 1.80. The third-order valence-electron chi connectivity index (χ3n) is 4.04. The van der Waals surface area contributed by atoms with E-state index in [4.69, 9.17) is 0 Å². The second kappa shape index (κ2) is 6.08. The lowest BCUT2D eigenvalue weighted by Gasteiger charge is -2.07. The van der Waals surface area contributed by atoms with Crippen molar-refractivity contribution in [2.75, 3.05) is 0 Å². The maximum Gasteiger partial charge on any atom is 0.282 e. The molecule has 0 aliphatic rings. The molecular formula is C19H18N2O2. The lowest BCUT2D eigenvalue weighted by molar-refractivity contribution is 0.0991. The van der Waals surface area contributed by atoms with E-state index in [0.29, 0.717) is 5.69 Å². The van der Waals surface area contributed by atoms with Crippen molar-refractivity contribution in [2.24, 2.45) is 7.05 Å². The molecule has 0 saturated heterocycles. The largest absolute Gasteiger partial charge is 0.294 e. The van der Waals surface area contributed by atoms with Gasteiger partial charge in [-0.2, -0.15) is 0 Å². The number of aromatic nitrogens is 2. The van der Waals surface area contributed by atoms with Gasteiger partial charge in [-0.15, -0.1) is 0 Å². The molecule has 3 aromatic rings. The van der Waals surface area contributed by atoms with Crippen molar-refractivity contribution in [3.05, 3.63) is 87.8 Å². The highest BCUT2D eigenvalue weighted by Crippen LogP contribution is 2.12. The number of rotatable bonds is 4. The van der Waals surface area contributed by atoms with Gasteiger partial charge in [-0.3, -0.25) is 14.3 Å². The van der Waals surface area contributed by atoms with Gasteiger partial charge in [0, 0.05) is 19.2 Å². The molecule has 4 heteroatoms. The second-order valence-electron chi connectivity index (χ2n) is 5.52. The normalized spacial score (nSPS) is 10.7. The summed E-state index contributed by atoms with van der Waals surface area (Å²) >= 11 is 0. The molecule has 1 aromatic heterocycles. The fourth-order valence-electron chi connectivity index (χ4n) is 2.76. The number of hydrogen-bond acceptors (Lipinski definition) is 2. The first-order chi connectivity index (χ1) is 11.1. The van der Waals surface area contributed by atoms with Gasteiger partial charge in [-0.05, 0) is 24.6 Å². The van der Waals surface area contributed by atoms with Crippen molar-refractivity contribution >= 4 is 5.78 Å². The third kappa shape index (κ3) is 2.75. The van der Waals surface area contributed by atoms with Crippen molar-refractivity contribution in [1.82, 2.24) is 9.36 Å². The van der Waals surface area contributed by atoms with Crippen LogP contribution in [0.25, 0.3) is 5.69 Å². The Balaban J connectivity index is 2.04. The predicted molar refractivity (Wildman–Crippen MR) is 90.2 cm³/mol. The predicted octanol–water partition coefficient (Wildman–Crippen LogP) is 2.91. The summed E-state index contributed by atoms with van der Waals surface area (Å²) in [4.78, 5) is 25.4. The zero-order valence-corrected chi connectivity index (χ0v) is 13.2. The van der Waals surface area contributed by atoms with Crippen LogP contribution in [0.4, 0.5) is 0 Å². The molecule has 0 amide bonds. The Morgan fingerprint density at radius 2 is 1.52 bits per heavy atom. The van der Waals surface area contributed by atoms with Gasteiger partial charge in [0.25, 0.3) is 5.56 Å². The fraction of sp³-hybridized carbons (Fsp3) is 0.158. The highest BCUT2D eigenvalue weighted by Gasteiger charge is 2.21. The van der Waals surface area contributed by atoms with Gasteiger partial charge in [-0.1, -0.05) is 48.5 Å². The van der Waals surface area contributed by atoms with Crippen LogP contribution in [-0.4, -0.2) is 15.1 Å². The van der Waals surface area contributed by atoms with Gasteiger partial charge < -0.3 is 0 Å². The van der Waals surface area contributed by atoms with E-state index in [1.165, 1.54) is 4.68 Å². The fourth-order valence-corrected chi connectivity index (χ4v) is 2.76. The smallest absolute Gasteiger partial charge is 0.282 e. The maximum absolute atomic E-state index is 12.8. The Labute approximate surface area is 134 Å². The van der Waals surface area contributed by atoms with Crippen LogP contribution in [0, 0.1) is 6.92 Å². The molecule has 0 N–H and O–H groups in total. The minimum atomic E-state index is -0.267. The van der Waals surface area contributed by atoms with Gasteiger partial charge in [0.1, 0.15) is 5.56 Å². The first-order valence-corrected chi connectivity index (χ1v) is 7.50. The van der Waals surface area contributed by atoms with Gasteiger partial charge in [0.2, 0.25) is 0 Å². The average Bonchev–Trinajstić information content (AvgIpc) is 2.79. The number of benzene rings is 2. The molecule has 0 aliphatic heterocycles. The van der Waals surface area contributed by atoms with Crippen LogP contribution in [0.15, 0.2) is 65.5 Å². The van der Waals surface area contributed by atoms with Gasteiger partial charge in [0.05, 0.1) is 5.69 Å². The van der Waals surface area contributed by atoms with Crippen molar-refractivity contribution in [3.63, 3.8) is 0 Å². The van der Waals surface area contributed by atoms with E-state index in [1.54, 1.807) is 18.7 Å². The zero-order chi connectivity index (χ0) is 16.4. The van der Waals surface area contributed by atoms with Crippen molar-refractivity contribution < 1.29 is 4.79 Å². The molecule has 0 spiro atoms. The van der Waals surface area contributed by atoms with E-state index in [-0.39, 0.29) is 23.3 Å². The monoisotopic (exact) mass is 306 g/mol. The van der Waals surface area contributed by atoms with Gasteiger partial charge >= 0.3 is 0 Å². The second-order valence-corrected chi connectivity index (χ2v) is 5.52. The topological polar surface area (TPSA) is 44.0 Å². The van der Waals surface area contributed by atoms with E-state index in [9.17, 15) is 9.59 Å². The van der Waals surface area contributed by atoms with E-state index in [2.05, 4.69) is 0 Å².